The van der Waals surface area contributed by atoms with Gasteiger partial charge in [0.2, 0.25) is 0 Å². The summed E-state index contributed by atoms with van der Waals surface area (Å²) in [5, 5.41) is 0. The lowest BCUT2D eigenvalue weighted by atomic mass is 10.2. The van der Waals surface area contributed by atoms with Crippen LogP contribution in [0.5, 0.6) is 0 Å². The molecule has 1 rings (SSSR count). The monoisotopic (exact) mass is 203 g/mol. The molecule has 0 radical (unpaired) electrons. The molecule has 1 aliphatic heterocycles. The molecule has 0 saturated carbocycles. The number of rotatable bonds is 5. The van der Waals surface area contributed by atoms with Crippen LogP contribution in [0, 0.1) is 0 Å². The largest absolute Gasteiger partial charge is 0.352 e. The average molecular weight is 203 g/mol. The maximum Gasteiger partial charge on any atom is 0.179 e. The number of hydrogen-bond acceptors (Lipinski definition) is 3. The lowest BCUT2D eigenvalue weighted by molar-refractivity contribution is -0.211. The van der Waals surface area contributed by atoms with Crippen molar-refractivity contribution in [3.05, 3.63) is 0 Å². The number of hydrogen-bond donors (Lipinski definition) is 0. The van der Waals surface area contributed by atoms with Crippen LogP contribution in [0.3, 0.4) is 0 Å². The van der Waals surface area contributed by atoms with Gasteiger partial charge in [0.05, 0.1) is 9.68 Å². The van der Waals surface area contributed by atoms with E-state index in [4.69, 9.17) is 9.47 Å². The molecule has 4 heteroatoms. The first-order valence-corrected chi connectivity index (χ1v) is 6.72. The molecule has 1 aliphatic rings. The zero-order chi connectivity index (χ0) is 9.73. The minimum absolute atomic E-state index is 0.0228. The third kappa shape index (κ3) is 2.77. The third-order valence-electron chi connectivity index (χ3n) is 2.95. The first-order chi connectivity index (χ1) is 6.26. The summed E-state index contributed by atoms with van der Waals surface area (Å²) in [5.41, 5.74) is 0. The number of methoxy groups -OCH3 is 2. The van der Waals surface area contributed by atoms with Crippen LogP contribution in [-0.2, 0) is 9.47 Å². The van der Waals surface area contributed by atoms with Gasteiger partial charge < -0.3 is 14.0 Å². The number of nitrogens with zero attached hydrogens (tertiary/aromatic N) is 1. The first kappa shape index (κ1) is 11.2. The lowest BCUT2D eigenvalue weighted by Gasteiger charge is -2.33. The molecule has 0 aliphatic carbocycles. The molecular weight excluding hydrogens is 182 g/mol. The molecule has 3 nitrogen and oxygen atoms in total. The van der Waals surface area contributed by atoms with E-state index in [9.17, 15) is 0 Å². The zero-order valence-electron chi connectivity index (χ0n) is 9.01. The molecule has 1 saturated heterocycles. The second-order valence-electron chi connectivity index (χ2n) is 3.66. The molecule has 1 fully saturated rings. The van der Waals surface area contributed by atoms with Crippen LogP contribution in [0.1, 0.15) is 19.8 Å². The van der Waals surface area contributed by atoms with E-state index in [1.54, 1.807) is 14.2 Å². The highest BCUT2D eigenvalue weighted by Crippen LogP contribution is 2.19. The maximum atomic E-state index is 5.46. The summed E-state index contributed by atoms with van der Waals surface area (Å²) in [4.78, 5) is 0. The van der Waals surface area contributed by atoms with Crippen LogP contribution in [0.4, 0.5) is 0 Å². The topological polar surface area (TPSA) is 21.7 Å². The summed E-state index contributed by atoms with van der Waals surface area (Å²) in [6.07, 6.45) is 2.30. The van der Waals surface area contributed by atoms with Gasteiger partial charge in [0.25, 0.3) is 0 Å². The number of ether oxygens (including phenoxy) is 2. The standard InChI is InChI=1S/C9H21NO2Si/c1-4-9(11-2,12-3)8-10-6-5-7-13-10/h4-8,13H2,1-3H3. The van der Waals surface area contributed by atoms with Crippen LogP contribution in [0.25, 0.3) is 0 Å². The Kier molecular flexibility index (Phi) is 4.38. The van der Waals surface area contributed by atoms with Crippen molar-refractivity contribution in [2.45, 2.75) is 31.6 Å². The molecule has 13 heavy (non-hydrogen) atoms. The fourth-order valence-corrected chi connectivity index (χ4v) is 3.73. The van der Waals surface area contributed by atoms with Gasteiger partial charge in [-0.15, -0.1) is 0 Å². The highest BCUT2D eigenvalue weighted by molar-refractivity contribution is 6.32. The van der Waals surface area contributed by atoms with Crippen molar-refractivity contribution < 1.29 is 9.47 Å². The minimum Gasteiger partial charge on any atom is -0.352 e. The Morgan fingerprint density at radius 3 is 2.46 bits per heavy atom. The van der Waals surface area contributed by atoms with Gasteiger partial charge in [-0.25, -0.2) is 0 Å². The maximum absolute atomic E-state index is 5.46. The van der Waals surface area contributed by atoms with Gasteiger partial charge in [-0.2, -0.15) is 0 Å². The molecule has 0 spiro atoms. The molecule has 0 amide bonds. The average Bonchev–Trinajstić information content (AvgIpc) is 2.67. The van der Waals surface area contributed by atoms with Gasteiger partial charge in [0.1, 0.15) is 0 Å². The second kappa shape index (κ2) is 5.10. The van der Waals surface area contributed by atoms with E-state index < -0.39 is 0 Å². The van der Waals surface area contributed by atoms with E-state index in [1.807, 2.05) is 0 Å². The lowest BCUT2D eigenvalue weighted by Crippen LogP contribution is -2.45. The summed E-state index contributed by atoms with van der Waals surface area (Å²) < 4.78 is 13.5. The predicted molar refractivity (Wildman–Crippen MR) is 56.6 cm³/mol. The molecule has 0 unspecified atom stereocenters. The van der Waals surface area contributed by atoms with Crippen molar-refractivity contribution in [3.8, 4) is 0 Å². The van der Waals surface area contributed by atoms with Gasteiger partial charge in [-0.05, 0) is 25.4 Å². The fourth-order valence-electron chi connectivity index (χ4n) is 1.89. The molecule has 0 aromatic rings. The Bertz CT molecular complexity index is 136. The zero-order valence-corrected chi connectivity index (χ0v) is 10.4. The van der Waals surface area contributed by atoms with Gasteiger partial charge in [-0.3, -0.25) is 0 Å². The summed E-state index contributed by atoms with van der Waals surface area (Å²) in [7, 11) is 3.50. The second-order valence-corrected chi connectivity index (χ2v) is 5.70. The normalized spacial score (nSPS) is 21.5. The Morgan fingerprint density at radius 1 is 1.38 bits per heavy atom. The van der Waals surface area contributed by atoms with E-state index in [-0.39, 0.29) is 15.5 Å². The molecule has 0 atom stereocenters. The van der Waals surface area contributed by atoms with Gasteiger partial charge in [0, 0.05) is 20.8 Å². The molecule has 78 valence electrons. The van der Waals surface area contributed by atoms with Crippen molar-refractivity contribution >= 4 is 9.68 Å². The fraction of sp³-hybridized carbons (Fsp3) is 1.00. The highest BCUT2D eigenvalue weighted by atomic mass is 28.2. The van der Waals surface area contributed by atoms with Crippen molar-refractivity contribution in [1.29, 1.82) is 0 Å². The molecule has 0 aromatic carbocycles. The Hall–Kier alpha value is 0.0969. The van der Waals surface area contributed by atoms with Crippen LogP contribution < -0.4 is 0 Å². The SMILES string of the molecule is CCC(CN1CCC[SiH2]1)(OC)OC. The smallest absolute Gasteiger partial charge is 0.179 e. The molecule has 0 N–H and O–H groups in total. The van der Waals surface area contributed by atoms with Gasteiger partial charge >= 0.3 is 0 Å². The van der Waals surface area contributed by atoms with Crippen molar-refractivity contribution in [2.75, 3.05) is 27.3 Å². The summed E-state index contributed by atoms with van der Waals surface area (Å²) in [6.45, 7) is 4.33. The molecular formula is C9H21NO2Si. The van der Waals surface area contributed by atoms with Gasteiger partial charge in [-0.1, -0.05) is 6.92 Å². The van der Waals surface area contributed by atoms with Crippen LogP contribution in [0.15, 0.2) is 0 Å². The van der Waals surface area contributed by atoms with E-state index in [1.165, 1.54) is 19.0 Å². The Balaban J connectivity index is 2.44. The van der Waals surface area contributed by atoms with E-state index in [0.717, 1.165) is 13.0 Å². The first-order valence-electron chi connectivity index (χ1n) is 5.09. The predicted octanol–water partition coefficient (Wildman–Crippen LogP) is 0.593. The van der Waals surface area contributed by atoms with Crippen molar-refractivity contribution in [1.82, 2.24) is 4.57 Å². The summed E-state index contributed by atoms with van der Waals surface area (Å²) in [6, 6.07) is 1.45. The highest BCUT2D eigenvalue weighted by Gasteiger charge is 2.30. The van der Waals surface area contributed by atoms with Crippen LogP contribution >= 0.6 is 0 Å². The quantitative estimate of drug-likeness (QED) is 0.482. The van der Waals surface area contributed by atoms with Crippen LogP contribution in [0.2, 0.25) is 6.04 Å². The summed E-state index contributed by atoms with van der Waals surface area (Å²) >= 11 is 0. The molecule has 0 aromatic heterocycles. The van der Waals surface area contributed by atoms with Crippen LogP contribution in [-0.4, -0.2) is 47.3 Å². The molecule has 0 bridgehead atoms. The van der Waals surface area contributed by atoms with E-state index >= 15 is 0 Å². The third-order valence-corrected chi connectivity index (χ3v) is 4.93. The Morgan fingerprint density at radius 2 is 2.08 bits per heavy atom. The summed E-state index contributed by atoms with van der Waals surface area (Å²) in [5.74, 6) is -0.350. The van der Waals surface area contributed by atoms with E-state index in [2.05, 4.69) is 11.5 Å². The van der Waals surface area contributed by atoms with E-state index in [0.29, 0.717) is 0 Å². The molecule has 1 heterocycles. The van der Waals surface area contributed by atoms with Crippen molar-refractivity contribution in [2.24, 2.45) is 0 Å². The van der Waals surface area contributed by atoms with Gasteiger partial charge in [0.15, 0.2) is 5.79 Å². The Labute approximate surface area is 83.3 Å². The van der Waals surface area contributed by atoms with Crippen molar-refractivity contribution in [3.63, 3.8) is 0 Å². The minimum atomic E-state index is -0.350.